The third-order valence-corrected chi connectivity index (χ3v) is 9.03. The van der Waals surface area contributed by atoms with Crippen molar-refractivity contribution in [2.75, 3.05) is 27.3 Å². The number of hydrogen-bond acceptors (Lipinski definition) is 9. The van der Waals surface area contributed by atoms with Crippen molar-refractivity contribution in [1.29, 1.82) is 0 Å². The number of ether oxygens (including phenoxy) is 2. The van der Waals surface area contributed by atoms with E-state index in [4.69, 9.17) is 37.9 Å². The van der Waals surface area contributed by atoms with E-state index in [0.29, 0.717) is 53.4 Å². The van der Waals surface area contributed by atoms with Crippen molar-refractivity contribution >= 4 is 46.0 Å². The number of halogens is 2. The smallest absolute Gasteiger partial charge is 0.319 e. The number of esters is 1. The summed E-state index contributed by atoms with van der Waals surface area (Å²) in [7, 11) is 2.95. The van der Waals surface area contributed by atoms with E-state index in [-0.39, 0.29) is 24.5 Å². The number of nitrogens with zero attached hydrogens (tertiary/aromatic N) is 3. The van der Waals surface area contributed by atoms with Crippen LogP contribution in [0.15, 0.2) is 73.1 Å². The Hall–Kier alpha value is -4.61. The molecule has 1 atom stereocenters. The van der Waals surface area contributed by atoms with Gasteiger partial charge in [0.05, 0.1) is 47.7 Å². The van der Waals surface area contributed by atoms with E-state index in [2.05, 4.69) is 25.7 Å². The molecule has 3 N–H and O–H groups in total. The summed E-state index contributed by atoms with van der Waals surface area (Å²) in [6.07, 6.45) is 4.94. The number of fused-ring (bicyclic) bond motifs is 1. The second-order valence-corrected chi connectivity index (χ2v) is 12.2. The van der Waals surface area contributed by atoms with Crippen LogP contribution in [0.5, 0.6) is 5.88 Å². The van der Waals surface area contributed by atoms with Crippen LogP contribution in [0.2, 0.25) is 10.0 Å². The number of carbonyl (C=O) groups is 2. The molecular formula is C36H34Cl2N6O4. The molecule has 246 valence electrons. The Morgan fingerprint density at radius 3 is 2.31 bits per heavy atom. The van der Waals surface area contributed by atoms with Crippen LogP contribution in [0.1, 0.15) is 24.0 Å². The number of aromatic nitrogens is 3. The molecule has 0 unspecified atom stereocenters. The average molecular weight is 686 g/mol. The van der Waals surface area contributed by atoms with Crippen LogP contribution in [0.3, 0.4) is 0 Å². The standard InChI is InChI=1S/C36H34Cl2N6O4/c1-47-33(46)20-39-15-21-13-23-18-42-31(14-30(23)41-16-21)28-8-4-6-26(35(28)38)25-5-3-7-27(34(25)37)29-11-9-22(36(44-29)48-2)17-40-19-24-10-12-32(45)43-24/h3-9,11,13-14,16,18,24,39-40H,10,12,15,17,19-20H2,1-2H3,(H,43,45)/t24-/m0/s1. The summed E-state index contributed by atoms with van der Waals surface area (Å²) < 4.78 is 10.3. The first-order chi connectivity index (χ1) is 23.3. The number of benzene rings is 2. The van der Waals surface area contributed by atoms with Crippen molar-refractivity contribution in [2.45, 2.75) is 32.0 Å². The van der Waals surface area contributed by atoms with Gasteiger partial charge in [-0.3, -0.25) is 19.6 Å². The topological polar surface area (TPSA) is 127 Å². The van der Waals surface area contributed by atoms with Crippen molar-refractivity contribution in [2.24, 2.45) is 0 Å². The molecule has 3 aromatic heterocycles. The Morgan fingerprint density at radius 2 is 1.62 bits per heavy atom. The van der Waals surface area contributed by atoms with Gasteiger partial charge in [-0.2, -0.15) is 0 Å². The zero-order valence-corrected chi connectivity index (χ0v) is 28.0. The third-order valence-electron chi connectivity index (χ3n) is 8.21. The second-order valence-electron chi connectivity index (χ2n) is 11.4. The predicted octanol–water partition coefficient (Wildman–Crippen LogP) is 5.97. The Morgan fingerprint density at radius 1 is 0.896 bits per heavy atom. The molecule has 0 aliphatic carbocycles. The SMILES string of the molecule is COC(=O)CNCc1cnc2cc(-c3cccc(-c4cccc(-c5ccc(CNC[C@@H]6CCC(=O)N6)c(OC)n5)c4Cl)c3Cl)ncc2c1. The molecule has 0 radical (unpaired) electrons. The summed E-state index contributed by atoms with van der Waals surface area (Å²) in [5, 5.41) is 11.3. The van der Waals surface area contributed by atoms with Crippen molar-refractivity contribution in [1.82, 2.24) is 30.9 Å². The summed E-state index contributed by atoms with van der Waals surface area (Å²) in [5.41, 5.74) is 6.94. The van der Waals surface area contributed by atoms with Crippen LogP contribution in [-0.4, -0.2) is 60.2 Å². The molecule has 1 saturated heterocycles. The van der Waals surface area contributed by atoms with E-state index in [1.807, 2.05) is 60.7 Å². The van der Waals surface area contributed by atoms with Crippen molar-refractivity contribution < 1.29 is 19.1 Å². The first kappa shape index (κ1) is 33.3. The van der Waals surface area contributed by atoms with Gasteiger partial charge in [0.25, 0.3) is 0 Å². The van der Waals surface area contributed by atoms with Crippen LogP contribution in [-0.2, 0) is 27.4 Å². The van der Waals surface area contributed by atoms with Gasteiger partial charge in [0.2, 0.25) is 11.8 Å². The molecule has 12 heteroatoms. The number of nitrogens with one attached hydrogen (secondary N) is 3. The minimum Gasteiger partial charge on any atom is -0.481 e. The van der Waals surface area contributed by atoms with Gasteiger partial charge in [-0.15, -0.1) is 0 Å². The zero-order valence-electron chi connectivity index (χ0n) is 26.5. The van der Waals surface area contributed by atoms with Gasteiger partial charge in [0.1, 0.15) is 0 Å². The molecule has 1 aliphatic heterocycles. The lowest BCUT2D eigenvalue weighted by atomic mass is 9.98. The van der Waals surface area contributed by atoms with E-state index >= 15 is 0 Å². The van der Waals surface area contributed by atoms with E-state index in [1.165, 1.54) is 7.11 Å². The summed E-state index contributed by atoms with van der Waals surface area (Å²) >= 11 is 14.1. The lowest BCUT2D eigenvalue weighted by Gasteiger charge is -2.15. The Bertz CT molecular complexity index is 1990. The van der Waals surface area contributed by atoms with E-state index in [9.17, 15) is 9.59 Å². The highest BCUT2D eigenvalue weighted by atomic mass is 35.5. The first-order valence-corrected chi connectivity index (χ1v) is 16.2. The van der Waals surface area contributed by atoms with Crippen LogP contribution >= 0.6 is 23.2 Å². The Balaban J connectivity index is 1.23. The van der Waals surface area contributed by atoms with Crippen LogP contribution in [0.4, 0.5) is 0 Å². The van der Waals surface area contributed by atoms with Crippen molar-refractivity contribution in [3.8, 4) is 39.5 Å². The first-order valence-electron chi connectivity index (χ1n) is 15.5. The van der Waals surface area contributed by atoms with Gasteiger partial charge < -0.3 is 25.4 Å². The minimum atomic E-state index is -0.328. The van der Waals surface area contributed by atoms with E-state index in [0.717, 1.165) is 50.7 Å². The Labute approximate surface area is 288 Å². The average Bonchev–Trinajstić information content (AvgIpc) is 3.53. The van der Waals surface area contributed by atoms with Crippen LogP contribution in [0, 0.1) is 0 Å². The molecule has 6 rings (SSSR count). The van der Waals surface area contributed by atoms with E-state index in [1.54, 1.807) is 19.5 Å². The maximum absolute atomic E-state index is 11.5. The summed E-state index contributed by atoms with van der Waals surface area (Å²) in [5.74, 6) is 0.266. The number of hydrogen-bond donors (Lipinski definition) is 3. The number of amides is 1. The highest BCUT2D eigenvalue weighted by Gasteiger charge is 2.21. The largest absolute Gasteiger partial charge is 0.481 e. The van der Waals surface area contributed by atoms with Crippen LogP contribution < -0.4 is 20.7 Å². The second kappa shape index (κ2) is 15.1. The van der Waals surface area contributed by atoms with Gasteiger partial charge in [-0.25, -0.2) is 4.98 Å². The minimum absolute atomic E-state index is 0.0962. The molecule has 1 aliphatic rings. The maximum Gasteiger partial charge on any atom is 0.319 e. The molecule has 4 heterocycles. The number of carbonyl (C=O) groups excluding carboxylic acids is 2. The normalized spacial score (nSPS) is 14.2. The maximum atomic E-state index is 11.5. The zero-order chi connectivity index (χ0) is 33.6. The number of pyridine rings is 3. The molecule has 10 nitrogen and oxygen atoms in total. The highest BCUT2D eigenvalue weighted by Crippen LogP contribution is 2.42. The fourth-order valence-electron chi connectivity index (χ4n) is 5.71. The van der Waals surface area contributed by atoms with Crippen molar-refractivity contribution in [3.05, 3.63) is 94.2 Å². The van der Waals surface area contributed by atoms with Crippen molar-refractivity contribution in [3.63, 3.8) is 0 Å². The van der Waals surface area contributed by atoms with Gasteiger partial charge in [0.15, 0.2) is 0 Å². The fourth-order valence-corrected chi connectivity index (χ4v) is 6.36. The summed E-state index contributed by atoms with van der Waals surface area (Å²) in [6.45, 7) is 1.81. The fraction of sp³-hybridized carbons (Fsp3) is 0.250. The quantitative estimate of drug-likeness (QED) is 0.136. The third kappa shape index (κ3) is 7.42. The monoisotopic (exact) mass is 684 g/mol. The van der Waals surface area contributed by atoms with Crippen LogP contribution in [0.25, 0.3) is 44.5 Å². The summed E-state index contributed by atoms with van der Waals surface area (Å²) in [4.78, 5) is 37.0. The predicted molar refractivity (Wildman–Crippen MR) is 187 cm³/mol. The molecule has 2 aromatic carbocycles. The molecule has 1 fully saturated rings. The molecule has 0 saturated carbocycles. The Kier molecular flexibility index (Phi) is 10.5. The van der Waals surface area contributed by atoms with Gasteiger partial charge >= 0.3 is 5.97 Å². The molecule has 1 amide bonds. The molecule has 48 heavy (non-hydrogen) atoms. The summed E-state index contributed by atoms with van der Waals surface area (Å²) in [6, 6.07) is 19.5. The number of methoxy groups -OCH3 is 2. The number of rotatable bonds is 12. The highest BCUT2D eigenvalue weighted by molar-refractivity contribution is 6.39. The molecule has 0 bridgehead atoms. The van der Waals surface area contributed by atoms with Gasteiger partial charge in [0, 0.05) is 77.7 Å². The lowest BCUT2D eigenvalue weighted by molar-refractivity contribution is -0.139. The van der Waals surface area contributed by atoms with E-state index < -0.39 is 0 Å². The van der Waals surface area contributed by atoms with Gasteiger partial charge in [-0.1, -0.05) is 65.7 Å². The molecule has 0 spiro atoms. The lowest BCUT2D eigenvalue weighted by Crippen LogP contribution is -2.35. The van der Waals surface area contributed by atoms with Gasteiger partial charge in [-0.05, 0) is 30.2 Å². The molecule has 5 aromatic rings. The molecular weight excluding hydrogens is 651 g/mol.